The Labute approximate surface area is 226 Å². The van der Waals surface area contributed by atoms with Crippen molar-refractivity contribution < 1.29 is 4.79 Å². The van der Waals surface area contributed by atoms with E-state index in [1.165, 1.54) is 69.9 Å². The lowest BCUT2D eigenvalue weighted by atomic mass is 9.53. The Balaban J connectivity index is 0.997. The quantitative estimate of drug-likeness (QED) is 0.301. The highest BCUT2D eigenvalue weighted by Crippen LogP contribution is 2.56. The zero-order valence-corrected chi connectivity index (χ0v) is 22.3. The van der Waals surface area contributed by atoms with Crippen molar-refractivity contribution in [1.82, 2.24) is 15.3 Å². The summed E-state index contributed by atoms with van der Waals surface area (Å²) >= 11 is 0. The molecule has 0 radical (unpaired) electrons. The van der Waals surface area contributed by atoms with Crippen molar-refractivity contribution in [3.05, 3.63) is 60.3 Å². The number of aromatic amines is 1. The number of amides is 1. The van der Waals surface area contributed by atoms with Gasteiger partial charge < -0.3 is 15.6 Å². The number of rotatable bonds is 6. The summed E-state index contributed by atoms with van der Waals surface area (Å²) in [4.78, 5) is 20.9. The van der Waals surface area contributed by atoms with E-state index in [2.05, 4.69) is 44.9 Å². The number of hydrogen-bond donors (Lipinski definition) is 3. The summed E-state index contributed by atoms with van der Waals surface area (Å²) in [6.07, 6.45) is 17.5. The van der Waals surface area contributed by atoms with Crippen LogP contribution < -0.4 is 10.6 Å². The van der Waals surface area contributed by atoms with Gasteiger partial charge in [0.1, 0.15) is 5.82 Å². The number of nitrogens with one attached hydrogen (secondary N) is 3. The fourth-order valence-electron chi connectivity index (χ4n) is 8.39. The maximum Gasteiger partial charge on any atom is 0.251 e. The van der Waals surface area contributed by atoms with Crippen molar-refractivity contribution in [3.63, 3.8) is 0 Å². The van der Waals surface area contributed by atoms with Crippen LogP contribution >= 0.6 is 0 Å². The van der Waals surface area contributed by atoms with E-state index in [1.807, 2.05) is 30.5 Å². The Morgan fingerprint density at radius 2 is 1.39 bits per heavy atom. The van der Waals surface area contributed by atoms with Gasteiger partial charge in [-0.05, 0) is 111 Å². The predicted octanol–water partition coefficient (Wildman–Crippen LogP) is 7.58. The first-order valence-corrected chi connectivity index (χ1v) is 15.0. The first kappa shape index (κ1) is 24.0. The molecule has 1 aromatic heterocycles. The first-order valence-electron chi connectivity index (χ1n) is 15.0. The van der Waals surface area contributed by atoms with Gasteiger partial charge in [0.15, 0.2) is 0 Å². The molecule has 38 heavy (non-hydrogen) atoms. The Morgan fingerprint density at radius 1 is 0.789 bits per heavy atom. The number of H-pyrrole nitrogens is 1. The first-order chi connectivity index (χ1) is 18.6. The highest BCUT2D eigenvalue weighted by Gasteiger charge is 2.50. The van der Waals surface area contributed by atoms with E-state index >= 15 is 0 Å². The number of hydrogen-bond acceptors (Lipinski definition) is 3. The molecule has 2 aromatic carbocycles. The fraction of sp³-hybridized carbons (Fsp3) is 0.515. The average Bonchev–Trinajstić information content (AvgIpc) is 3.26. The van der Waals surface area contributed by atoms with Crippen molar-refractivity contribution in [3.8, 4) is 22.6 Å². The molecule has 5 nitrogen and oxygen atoms in total. The lowest BCUT2D eigenvalue weighted by molar-refractivity contribution is 0.0107. The number of carbonyl (C=O) groups excluding carboxylic acids is 1. The molecule has 5 aliphatic rings. The molecule has 0 unspecified atom stereocenters. The van der Waals surface area contributed by atoms with Crippen LogP contribution in [0.1, 0.15) is 87.4 Å². The Hall–Kier alpha value is -3.08. The molecule has 0 spiro atoms. The zero-order chi connectivity index (χ0) is 25.5. The fourth-order valence-corrected chi connectivity index (χ4v) is 8.39. The molecule has 0 aliphatic heterocycles. The van der Waals surface area contributed by atoms with E-state index in [0.29, 0.717) is 11.6 Å². The summed E-state index contributed by atoms with van der Waals surface area (Å²) in [7, 11) is 0. The third-order valence-corrected chi connectivity index (χ3v) is 9.83. The minimum atomic E-state index is 0.0380. The number of aromatic nitrogens is 2. The second-order valence-corrected chi connectivity index (χ2v) is 12.8. The second-order valence-electron chi connectivity index (χ2n) is 12.8. The van der Waals surface area contributed by atoms with Crippen LogP contribution in [0.25, 0.3) is 22.6 Å². The maximum absolute atomic E-state index is 12.8. The van der Waals surface area contributed by atoms with E-state index in [4.69, 9.17) is 0 Å². The van der Waals surface area contributed by atoms with Crippen molar-refractivity contribution in [2.75, 3.05) is 5.32 Å². The summed E-state index contributed by atoms with van der Waals surface area (Å²) in [6.45, 7) is 0. The van der Waals surface area contributed by atoms with Gasteiger partial charge in [0.25, 0.3) is 5.91 Å². The van der Waals surface area contributed by atoms with Crippen LogP contribution in [0.15, 0.2) is 54.7 Å². The van der Waals surface area contributed by atoms with Crippen molar-refractivity contribution in [1.29, 1.82) is 0 Å². The standard InChI is InChI=1S/C33H40N4O/c38-32(35-28-5-3-1-2-4-6-28)27-9-7-25(8-10-27)30-21-34-31(36-30)26-11-13-29(14-12-26)37-33-18-22-15-23(19-33)17-24(16-22)20-33/h7-14,21-24,28,37H,1-6,15-20H2,(H,34,36)(H,35,38). The van der Waals surface area contributed by atoms with Crippen LogP contribution in [0.3, 0.4) is 0 Å². The minimum absolute atomic E-state index is 0.0380. The van der Waals surface area contributed by atoms with Gasteiger partial charge in [-0.15, -0.1) is 0 Å². The molecule has 8 rings (SSSR count). The average molecular weight is 509 g/mol. The normalized spacial score (nSPS) is 28.7. The van der Waals surface area contributed by atoms with E-state index in [0.717, 1.165) is 58.8 Å². The summed E-state index contributed by atoms with van der Waals surface area (Å²) in [5, 5.41) is 7.22. The minimum Gasteiger partial charge on any atom is -0.380 e. The van der Waals surface area contributed by atoms with Crippen LogP contribution in [0, 0.1) is 17.8 Å². The summed E-state index contributed by atoms with van der Waals surface area (Å²) in [5.74, 6) is 3.74. The monoisotopic (exact) mass is 508 g/mol. The SMILES string of the molecule is O=C(NC1CCCCCC1)c1ccc(-c2cnc(-c3ccc(NC45CC6CC(CC(C6)C4)C5)cc3)[nH]2)cc1. The Bertz CT molecular complexity index is 1230. The van der Waals surface area contributed by atoms with Gasteiger partial charge in [-0.25, -0.2) is 4.98 Å². The van der Waals surface area contributed by atoms with Crippen LogP contribution in [0.5, 0.6) is 0 Å². The molecule has 5 saturated carbocycles. The van der Waals surface area contributed by atoms with Crippen molar-refractivity contribution in [2.24, 2.45) is 17.8 Å². The van der Waals surface area contributed by atoms with Gasteiger partial charge in [-0.3, -0.25) is 4.79 Å². The summed E-state index contributed by atoms with van der Waals surface area (Å²) < 4.78 is 0. The molecule has 4 bridgehead atoms. The van der Waals surface area contributed by atoms with E-state index in [9.17, 15) is 4.79 Å². The van der Waals surface area contributed by atoms with Crippen LogP contribution in [-0.2, 0) is 0 Å². The van der Waals surface area contributed by atoms with Gasteiger partial charge in [-0.1, -0.05) is 37.8 Å². The predicted molar refractivity (Wildman–Crippen MR) is 153 cm³/mol. The molecule has 0 atom stereocenters. The number of anilines is 1. The maximum atomic E-state index is 12.8. The molecule has 1 heterocycles. The lowest BCUT2D eigenvalue weighted by Gasteiger charge is -2.57. The molecule has 0 saturated heterocycles. The Morgan fingerprint density at radius 3 is 2.03 bits per heavy atom. The number of carbonyl (C=O) groups is 1. The van der Waals surface area contributed by atoms with Gasteiger partial charge in [0, 0.05) is 28.4 Å². The van der Waals surface area contributed by atoms with E-state index < -0.39 is 0 Å². The summed E-state index contributed by atoms with van der Waals surface area (Å²) in [5.41, 5.74) is 5.38. The van der Waals surface area contributed by atoms with Gasteiger partial charge in [0.05, 0.1) is 11.9 Å². The highest BCUT2D eigenvalue weighted by atomic mass is 16.1. The van der Waals surface area contributed by atoms with Crippen LogP contribution in [0.2, 0.25) is 0 Å². The molecule has 5 aliphatic carbocycles. The number of nitrogens with zero attached hydrogens (tertiary/aromatic N) is 1. The largest absolute Gasteiger partial charge is 0.380 e. The highest BCUT2D eigenvalue weighted by molar-refractivity contribution is 5.94. The third kappa shape index (κ3) is 4.88. The Kier molecular flexibility index (Phi) is 6.25. The molecule has 5 heteroatoms. The zero-order valence-electron chi connectivity index (χ0n) is 22.3. The van der Waals surface area contributed by atoms with Gasteiger partial charge in [-0.2, -0.15) is 0 Å². The van der Waals surface area contributed by atoms with Gasteiger partial charge >= 0.3 is 0 Å². The van der Waals surface area contributed by atoms with Crippen molar-refractivity contribution in [2.45, 2.75) is 88.6 Å². The lowest BCUT2D eigenvalue weighted by Crippen LogP contribution is -2.54. The third-order valence-electron chi connectivity index (χ3n) is 9.83. The molecule has 198 valence electrons. The van der Waals surface area contributed by atoms with Gasteiger partial charge in [0.2, 0.25) is 0 Å². The molecule has 1 amide bonds. The van der Waals surface area contributed by atoms with Crippen LogP contribution in [0.4, 0.5) is 5.69 Å². The topological polar surface area (TPSA) is 69.8 Å². The van der Waals surface area contributed by atoms with Crippen LogP contribution in [-0.4, -0.2) is 27.5 Å². The number of benzene rings is 2. The molecule has 3 aromatic rings. The smallest absolute Gasteiger partial charge is 0.251 e. The van der Waals surface area contributed by atoms with Crippen molar-refractivity contribution >= 4 is 11.6 Å². The van der Waals surface area contributed by atoms with E-state index in [-0.39, 0.29) is 5.91 Å². The molecular weight excluding hydrogens is 468 g/mol. The van der Waals surface area contributed by atoms with E-state index in [1.54, 1.807) is 0 Å². The second kappa shape index (κ2) is 9.91. The number of imidazole rings is 1. The summed E-state index contributed by atoms with van der Waals surface area (Å²) in [6, 6.07) is 17.0. The molecule has 5 fully saturated rings. The molecule has 3 N–H and O–H groups in total. The molecular formula is C33H40N4O.